The average Bonchev–Trinajstić information content (AvgIpc) is 3.63. The fraction of sp³-hybridized carbons (Fsp3) is 0.447. The molecule has 7 rings (SSSR count). The molecule has 2 amide bonds. The molecule has 1 spiro atoms. The number of carbonyl (C=O) groups excluding carboxylic acids is 3. The highest BCUT2D eigenvalue weighted by Gasteiger charge is 2.68. The Morgan fingerprint density at radius 3 is 2.34 bits per heavy atom. The number of nitrogens with one attached hydrogen (secondary N) is 1. The Morgan fingerprint density at radius 2 is 1.64 bits per heavy atom. The molecule has 0 unspecified atom stereocenters. The molecule has 4 heterocycles. The number of aryl methyl sites for hydroxylation is 1. The number of morpholine rings is 1. The predicted molar refractivity (Wildman–Crippen MR) is 191 cm³/mol. The van der Waals surface area contributed by atoms with E-state index in [1.54, 1.807) is 27.0 Å². The summed E-state index contributed by atoms with van der Waals surface area (Å²) in [4.78, 5) is 49.3. The first-order chi connectivity index (χ1) is 23.6. The third-order valence-corrected chi connectivity index (χ3v) is 9.41. The Labute approximate surface area is 291 Å². The van der Waals surface area contributed by atoms with Gasteiger partial charge in [0.15, 0.2) is 5.82 Å². The van der Waals surface area contributed by atoms with Crippen LogP contribution in [0.5, 0.6) is 0 Å². The molecule has 3 aliphatic rings. The van der Waals surface area contributed by atoms with Crippen LogP contribution in [0.15, 0.2) is 48.7 Å². The molecule has 1 saturated carbocycles. The van der Waals surface area contributed by atoms with Gasteiger partial charge in [0.2, 0.25) is 5.91 Å². The van der Waals surface area contributed by atoms with Gasteiger partial charge in [-0.05, 0) is 97.2 Å². The van der Waals surface area contributed by atoms with Crippen LogP contribution in [0.4, 0.5) is 32.6 Å². The summed E-state index contributed by atoms with van der Waals surface area (Å²) >= 11 is 0. The summed E-state index contributed by atoms with van der Waals surface area (Å²) in [5.41, 5.74) is 3.07. The van der Waals surface area contributed by atoms with Crippen molar-refractivity contribution in [1.29, 1.82) is 0 Å². The first kappa shape index (κ1) is 33.5. The zero-order chi connectivity index (χ0) is 35.7. The molecule has 262 valence electrons. The molecule has 2 atom stereocenters. The van der Waals surface area contributed by atoms with Crippen LogP contribution in [0, 0.1) is 13.8 Å². The number of ether oxygens (including phenoxy) is 3. The average molecular weight is 681 g/mol. The van der Waals surface area contributed by atoms with Crippen LogP contribution in [0.1, 0.15) is 76.1 Å². The zero-order valence-electron chi connectivity index (χ0n) is 29.9. The molecule has 2 aromatic carbocycles. The summed E-state index contributed by atoms with van der Waals surface area (Å²) in [6.07, 6.45) is 0.968. The Hall–Kier alpha value is -4.97. The van der Waals surface area contributed by atoms with E-state index in [4.69, 9.17) is 19.3 Å². The van der Waals surface area contributed by atoms with E-state index in [0.29, 0.717) is 42.0 Å². The van der Waals surface area contributed by atoms with Crippen molar-refractivity contribution in [3.63, 3.8) is 0 Å². The maximum absolute atomic E-state index is 14.3. The highest BCUT2D eigenvalue weighted by atomic mass is 16.6. The number of hydrogen-bond acceptors (Lipinski definition) is 10. The molecule has 0 radical (unpaired) electrons. The van der Waals surface area contributed by atoms with Crippen molar-refractivity contribution in [3.05, 3.63) is 70.9 Å². The lowest BCUT2D eigenvalue weighted by Crippen LogP contribution is -2.41. The van der Waals surface area contributed by atoms with E-state index in [1.807, 2.05) is 77.1 Å². The van der Waals surface area contributed by atoms with Crippen LogP contribution in [0.25, 0.3) is 10.9 Å². The molecular formula is C38H44N6O6. The van der Waals surface area contributed by atoms with Crippen molar-refractivity contribution in [2.75, 3.05) is 41.4 Å². The maximum Gasteiger partial charge on any atom is 0.435 e. The summed E-state index contributed by atoms with van der Waals surface area (Å²) in [5.74, 6) is 0.820. The van der Waals surface area contributed by atoms with Crippen LogP contribution >= 0.6 is 0 Å². The van der Waals surface area contributed by atoms with Gasteiger partial charge >= 0.3 is 12.2 Å². The van der Waals surface area contributed by atoms with Crippen molar-refractivity contribution in [1.82, 2.24) is 14.8 Å². The van der Waals surface area contributed by atoms with E-state index in [0.717, 1.165) is 46.8 Å². The lowest BCUT2D eigenvalue weighted by molar-refractivity contribution is -0.120. The number of anilines is 4. The summed E-state index contributed by atoms with van der Waals surface area (Å²) in [6, 6.07) is 13.4. The largest absolute Gasteiger partial charge is 0.443 e. The number of imide groups is 1. The number of rotatable bonds is 4. The van der Waals surface area contributed by atoms with Crippen molar-refractivity contribution in [3.8, 4) is 0 Å². The fourth-order valence-corrected chi connectivity index (χ4v) is 7.08. The van der Waals surface area contributed by atoms with Gasteiger partial charge in [-0.2, -0.15) is 4.68 Å². The summed E-state index contributed by atoms with van der Waals surface area (Å²) in [7, 11) is 0. The predicted octanol–water partition coefficient (Wildman–Crippen LogP) is 7.12. The number of aromatic nitrogens is 3. The van der Waals surface area contributed by atoms with Gasteiger partial charge in [-0.15, -0.1) is 5.10 Å². The van der Waals surface area contributed by atoms with Crippen LogP contribution in [0.2, 0.25) is 0 Å². The number of fused-ring (bicyclic) bond motifs is 3. The zero-order valence-corrected chi connectivity index (χ0v) is 29.9. The second kappa shape index (κ2) is 11.8. The third kappa shape index (κ3) is 5.85. The SMILES string of the molecule is Cc1ccc2c(c1)[C@]1(C[C@H]1c1ccc3c(Nc4ccnc(N5CCOCC5)c4C)nn(C(=O)OC(C)(C)C)c3c1)C(=O)N2C(=O)OC(C)(C)C. The third-order valence-electron chi connectivity index (χ3n) is 9.41. The van der Waals surface area contributed by atoms with E-state index < -0.39 is 28.8 Å². The minimum absolute atomic E-state index is 0.232. The number of hydrogen-bond donors (Lipinski definition) is 1. The molecule has 1 aliphatic carbocycles. The molecular weight excluding hydrogens is 636 g/mol. The second-order valence-electron chi connectivity index (χ2n) is 15.4. The minimum Gasteiger partial charge on any atom is -0.443 e. The molecule has 1 N–H and O–H groups in total. The monoisotopic (exact) mass is 680 g/mol. The Bertz CT molecular complexity index is 2040. The topological polar surface area (TPSA) is 128 Å². The van der Waals surface area contributed by atoms with Gasteiger partial charge in [0, 0.05) is 41.8 Å². The molecule has 1 saturated heterocycles. The summed E-state index contributed by atoms with van der Waals surface area (Å²) in [6.45, 7) is 17.5. The van der Waals surface area contributed by atoms with Gasteiger partial charge in [-0.3, -0.25) is 4.79 Å². The second-order valence-corrected chi connectivity index (χ2v) is 15.4. The van der Waals surface area contributed by atoms with E-state index in [9.17, 15) is 14.4 Å². The van der Waals surface area contributed by atoms with E-state index in [2.05, 4.69) is 15.2 Å². The standard InChI is InChI=1S/C38H44N6O6/c1-22-9-12-29-26(19-22)38(33(45)43(29)34(46)49-36(3,4)5)21-27(38)24-10-11-25-30(20-24)44(35(47)50-37(6,7)8)41-31(25)40-28-13-14-39-32(23(28)2)42-15-17-48-18-16-42/h9-14,19-20,27H,15-18,21H2,1-8H3,(H,39,40,41)/t27-,38-/m0/s1. The molecule has 50 heavy (non-hydrogen) atoms. The Balaban J connectivity index is 1.27. The number of carbonyl (C=O) groups is 3. The number of benzene rings is 2. The minimum atomic E-state index is -0.923. The lowest BCUT2D eigenvalue weighted by Gasteiger charge is -2.29. The first-order valence-electron chi connectivity index (χ1n) is 17.1. The van der Waals surface area contributed by atoms with Crippen LogP contribution in [-0.2, 0) is 24.4 Å². The summed E-state index contributed by atoms with van der Waals surface area (Å²) in [5, 5.41) is 8.90. The highest BCUT2D eigenvalue weighted by molar-refractivity contribution is 6.23. The van der Waals surface area contributed by atoms with Crippen LogP contribution in [-0.4, -0.2) is 70.4 Å². The smallest absolute Gasteiger partial charge is 0.435 e. The van der Waals surface area contributed by atoms with Crippen LogP contribution < -0.4 is 15.1 Å². The van der Waals surface area contributed by atoms with Gasteiger partial charge < -0.3 is 24.4 Å². The number of amides is 2. The fourth-order valence-electron chi connectivity index (χ4n) is 7.08. The quantitative estimate of drug-likeness (QED) is 0.238. The van der Waals surface area contributed by atoms with Crippen molar-refractivity contribution < 1.29 is 28.6 Å². The van der Waals surface area contributed by atoms with Crippen molar-refractivity contribution in [2.24, 2.45) is 0 Å². The lowest BCUT2D eigenvalue weighted by atomic mass is 9.91. The van der Waals surface area contributed by atoms with E-state index >= 15 is 0 Å². The Kier molecular flexibility index (Phi) is 7.93. The molecule has 12 nitrogen and oxygen atoms in total. The number of nitrogens with zero attached hydrogens (tertiary/aromatic N) is 5. The van der Waals surface area contributed by atoms with Gasteiger partial charge in [0.05, 0.1) is 29.8 Å². The molecule has 12 heteroatoms. The first-order valence-corrected chi connectivity index (χ1v) is 17.1. The van der Waals surface area contributed by atoms with Crippen LogP contribution in [0.3, 0.4) is 0 Å². The van der Waals surface area contributed by atoms with Gasteiger partial charge in [0.25, 0.3) is 0 Å². The van der Waals surface area contributed by atoms with Gasteiger partial charge in [-0.1, -0.05) is 23.8 Å². The summed E-state index contributed by atoms with van der Waals surface area (Å²) < 4.78 is 18.3. The highest BCUT2D eigenvalue weighted by Crippen LogP contribution is 2.66. The number of pyridine rings is 1. The maximum atomic E-state index is 14.3. The molecule has 4 aromatic rings. The Morgan fingerprint density at radius 1 is 0.940 bits per heavy atom. The van der Waals surface area contributed by atoms with E-state index in [-0.39, 0.29) is 11.8 Å². The molecule has 2 aromatic heterocycles. The molecule has 2 fully saturated rings. The van der Waals surface area contributed by atoms with Gasteiger partial charge in [0.1, 0.15) is 17.0 Å². The normalized spacial score (nSPS) is 20.3. The van der Waals surface area contributed by atoms with Gasteiger partial charge in [-0.25, -0.2) is 19.5 Å². The van der Waals surface area contributed by atoms with E-state index in [1.165, 1.54) is 9.58 Å². The molecule has 2 aliphatic heterocycles. The molecule has 0 bridgehead atoms. The van der Waals surface area contributed by atoms with Crippen molar-refractivity contribution in [2.45, 2.75) is 84.3 Å². The van der Waals surface area contributed by atoms with Crippen molar-refractivity contribution >= 4 is 52.0 Å².